The standard InChI is InChI=1S/C25H28N6O5S/c1-14-3-4-15-9-20(14)35-13-22(32)27-11-16-5-6-17(10-21(16)34-2)36-19-7-8-31(12-18(19)28-23(15)33)25-30-29-24(26)37-25/h3-6,9-10,18-19H,7-8,11-13H2,1-2H3,(H2,26,29)(H,27,32)(H,28,33)/t18-,19+/m0/s1. The van der Waals surface area contributed by atoms with Crippen LogP contribution in [-0.2, 0) is 11.3 Å². The van der Waals surface area contributed by atoms with Crippen LogP contribution in [0, 0.1) is 6.92 Å². The molecule has 12 heteroatoms. The summed E-state index contributed by atoms with van der Waals surface area (Å²) < 4.78 is 17.7. The molecule has 3 aliphatic heterocycles. The fourth-order valence-corrected chi connectivity index (χ4v) is 5.04. The quantitative estimate of drug-likeness (QED) is 0.458. The highest BCUT2D eigenvalue weighted by atomic mass is 32.1. The van der Waals surface area contributed by atoms with E-state index in [1.54, 1.807) is 31.4 Å². The lowest BCUT2D eigenvalue weighted by Crippen LogP contribution is -2.57. The van der Waals surface area contributed by atoms with Crippen LogP contribution in [0.25, 0.3) is 0 Å². The van der Waals surface area contributed by atoms with Crippen molar-refractivity contribution in [3.63, 3.8) is 0 Å². The molecule has 37 heavy (non-hydrogen) atoms. The van der Waals surface area contributed by atoms with Gasteiger partial charge >= 0.3 is 0 Å². The fourth-order valence-electron chi connectivity index (χ4n) is 4.39. The minimum absolute atomic E-state index is 0.180. The largest absolute Gasteiger partial charge is 0.496 e. The first kappa shape index (κ1) is 24.6. The smallest absolute Gasteiger partial charge is 0.258 e. The molecule has 3 aromatic rings. The summed E-state index contributed by atoms with van der Waals surface area (Å²) in [6, 6.07) is 10.3. The zero-order valence-corrected chi connectivity index (χ0v) is 21.3. The van der Waals surface area contributed by atoms with Gasteiger partial charge in [0.1, 0.15) is 23.4 Å². The van der Waals surface area contributed by atoms with Gasteiger partial charge in [0, 0.05) is 43.2 Å². The van der Waals surface area contributed by atoms with Crippen LogP contribution in [0.2, 0.25) is 0 Å². The number of nitrogens with zero attached hydrogens (tertiary/aromatic N) is 3. The molecule has 1 saturated heterocycles. The third-order valence-electron chi connectivity index (χ3n) is 6.40. The predicted molar refractivity (Wildman–Crippen MR) is 138 cm³/mol. The number of nitrogen functional groups attached to an aromatic ring is 1. The van der Waals surface area contributed by atoms with Crippen molar-refractivity contribution >= 4 is 33.4 Å². The first-order valence-electron chi connectivity index (χ1n) is 11.9. The number of hydrogen-bond donors (Lipinski definition) is 3. The molecule has 2 aromatic carbocycles. The van der Waals surface area contributed by atoms with E-state index in [1.165, 1.54) is 11.3 Å². The van der Waals surface area contributed by atoms with Crippen molar-refractivity contribution in [3.8, 4) is 17.2 Å². The number of fused-ring (bicyclic) bond motifs is 7. The Morgan fingerprint density at radius 1 is 1.19 bits per heavy atom. The maximum atomic E-state index is 13.3. The number of anilines is 2. The molecule has 0 radical (unpaired) electrons. The van der Waals surface area contributed by atoms with Crippen LogP contribution in [0.15, 0.2) is 36.4 Å². The third kappa shape index (κ3) is 5.53. The second kappa shape index (κ2) is 10.5. The molecule has 4 heterocycles. The van der Waals surface area contributed by atoms with Gasteiger partial charge in [-0.15, -0.1) is 10.2 Å². The molecule has 4 bridgehead atoms. The zero-order valence-electron chi connectivity index (χ0n) is 20.5. The molecule has 1 aromatic heterocycles. The summed E-state index contributed by atoms with van der Waals surface area (Å²) >= 11 is 1.30. The van der Waals surface area contributed by atoms with Crippen molar-refractivity contribution in [1.82, 2.24) is 20.8 Å². The van der Waals surface area contributed by atoms with Crippen LogP contribution in [0.1, 0.15) is 27.9 Å². The summed E-state index contributed by atoms with van der Waals surface area (Å²) in [6.45, 7) is 3.08. The molecule has 4 N–H and O–H groups in total. The summed E-state index contributed by atoms with van der Waals surface area (Å²) in [4.78, 5) is 27.8. The Bertz CT molecular complexity index is 1310. The van der Waals surface area contributed by atoms with E-state index in [4.69, 9.17) is 19.9 Å². The first-order chi connectivity index (χ1) is 17.9. The number of carbonyl (C=O) groups is 2. The molecular formula is C25H28N6O5S. The lowest BCUT2D eigenvalue weighted by Gasteiger charge is -2.38. The number of amides is 2. The van der Waals surface area contributed by atoms with Crippen LogP contribution in [-0.4, -0.2) is 61.0 Å². The molecule has 3 aliphatic rings. The van der Waals surface area contributed by atoms with E-state index >= 15 is 0 Å². The zero-order chi connectivity index (χ0) is 25.9. The van der Waals surface area contributed by atoms with E-state index in [-0.39, 0.29) is 37.1 Å². The molecule has 2 amide bonds. The van der Waals surface area contributed by atoms with Gasteiger partial charge in [0.15, 0.2) is 6.61 Å². The average molecular weight is 525 g/mol. The SMILES string of the molecule is COc1cc2ccc1CNC(=O)COc1cc(ccc1C)C(=O)N[C@H]1CN(c3nnc(N)s3)CC[C@H]1O2. The number of nitrogens with two attached hydrogens (primary N) is 1. The number of benzene rings is 2. The second-order valence-electron chi connectivity index (χ2n) is 8.91. The van der Waals surface area contributed by atoms with E-state index in [9.17, 15) is 9.59 Å². The molecule has 2 atom stereocenters. The number of aryl methyl sites for hydroxylation is 1. The number of hydrogen-bond acceptors (Lipinski definition) is 10. The van der Waals surface area contributed by atoms with Gasteiger partial charge in [-0.3, -0.25) is 9.59 Å². The minimum Gasteiger partial charge on any atom is -0.496 e. The lowest BCUT2D eigenvalue weighted by atomic mass is 10.0. The predicted octanol–water partition coefficient (Wildman–Crippen LogP) is 1.90. The number of piperidine rings is 1. The highest BCUT2D eigenvalue weighted by Gasteiger charge is 2.34. The normalized spacial score (nSPS) is 20.1. The molecule has 0 saturated carbocycles. The van der Waals surface area contributed by atoms with Crippen molar-refractivity contribution < 1.29 is 23.8 Å². The maximum Gasteiger partial charge on any atom is 0.258 e. The third-order valence-corrected chi connectivity index (χ3v) is 7.21. The van der Waals surface area contributed by atoms with Crippen molar-refractivity contribution in [2.45, 2.75) is 32.0 Å². The monoisotopic (exact) mass is 524 g/mol. The van der Waals surface area contributed by atoms with E-state index in [0.717, 1.165) is 11.1 Å². The lowest BCUT2D eigenvalue weighted by molar-refractivity contribution is -0.123. The molecular weight excluding hydrogens is 496 g/mol. The molecule has 6 rings (SSSR count). The van der Waals surface area contributed by atoms with Crippen molar-refractivity contribution in [1.29, 1.82) is 0 Å². The van der Waals surface area contributed by atoms with Gasteiger partial charge in [-0.25, -0.2) is 0 Å². The summed E-state index contributed by atoms with van der Waals surface area (Å²) in [5, 5.41) is 15.1. The Morgan fingerprint density at radius 3 is 2.84 bits per heavy atom. The summed E-state index contributed by atoms with van der Waals surface area (Å²) in [7, 11) is 1.57. The number of rotatable bonds is 2. The van der Waals surface area contributed by atoms with Gasteiger partial charge in [0.05, 0.1) is 13.2 Å². The molecule has 11 nitrogen and oxygen atoms in total. The highest BCUT2D eigenvalue weighted by Crippen LogP contribution is 2.30. The van der Waals surface area contributed by atoms with Gasteiger partial charge in [0.2, 0.25) is 10.3 Å². The Hall–Kier alpha value is -4.06. The van der Waals surface area contributed by atoms with Crippen molar-refractivity contribution in [2.75, 3.05) is 37.4 Å². The first-order valence-corrected chi connectivity index (χ1v) is 12.7. The van der Waals surface area contributed by atoms with E-state index in [1.807, 2.05) is 24.0 Å². The summed E-state index contributed by atoms with van der Waals surface area (Å²) in [5.41, 5.74) is 7.84. The number of aromatic nitrogens is 2. The highest BCUT2D eigenvalue weighted by molar-refractivity contribution is 7.18. The summed E-state index contributed by atoms with van der Waals surface area (Å²) in [5.74, 6) is 1.10. The number of carbonyl (C=O) groups excluding carboxylic acids is 2. The number of ether oxygens (including phenoxy) is 3. The van der Waals surface area contributed by atoms with Crippen molar-refractivity contribution in [3.05, 3.63) is 53.1 Å². The fraction of sp³-hybridized carbons (Fsp3) is 0.360. The van der Waals surface area contributed by atoms with Crippen LogP contribution in [0.4, 0.5) is 10.3 Å². The van der Waals surface area contributed by atoms with Crippen LogP contribution in [0.3, 0.4) is 0 Å². The molecule has 194 valence electrons. The van der Waals surface area contributed by atoms with Gasteiger partial charge in [0.25, 0.3) is 11.8 Å². The number of methoxy groups -OCH3 is 1. The van der Waals surface area contributed by atoms with Gasteiger partial charge in [-0.1, -0.05) is 17.4 Å². The van der Waals surface area contributed by atoms with E-state index in [2.05, 4.69) is 20.8 Å². The second-order valence-corrected chi connectivity index (χ2v) is 9.90. The molecule has 0 aliphatic carbocycles. The van der Waals surface area contributed by atoms with E-state index < -0.39 is 0 Å². The minimum atomic E-state index is -0.360. The number of nitrogens with one attached hydrogen (secondary N) is 2. The Morgan fingerprint density at radius 2 is 2.05 bits per heavy atom. The van der Waals surface area contributed by atoms with Crippen molar-refractivity contribution in [2.24, 2.45) is 0 Å². The van der Waals surface area contributed by atoms with Gasteiger partial charge in [-0.05, 0) is 36.8 Å². The van der Waals surface area contributed by atoms with Gasteiger partial charge < -0.3 is 35.5 Å². The van der Waals surface area contributed by atoms with Crippen LogP contribution in [0.5, 0.6) is 17.2 Å². The molecule has 0 spiro atoms. The van der Waals surface area contributed by atoms with E-state index in [0.29, 0.717) is 52.6 Å². The van der Waals surface area contributed by atoms with Crippen LogP contribution >= 0.6 is 11.3 Å². The topological polar surface area (TPSA) is 141 Å². The molecule has 1 fully saturated rings. The molecule has 0 unspecified atom stereocenters. The van der Waals surface area contributed by atoms with Crippen LogP contribution < -0.4 is 35.5 Å². The Kier molecular flexibility index (Phi) is 6.99. The Labute approximate surface area is 217 Å². The Balaban J connectivity index is 1.48. The summed E-state index contributed by atoms with van der Waals surface area (Å²) in [6.07, 6.45) is 0.324. The van der Waals surface area contributed by atoms with Gasteiger partial charge in [-0.2, -0.15) is 0 Å². The maximum absolute atomic E-state index is 13.3. The average Bonchev–Trinajstić information content (AvgIpc) is 3.34.